The van der Waals surface area contributed by atoms with Crippen molar-refractivity contribution in [3.63, 3.8) is 0 Å². The van der Waals surface area contributed by atoms with Crippen LogP contribution in [0.4, 0.5) is 0 Å². The number of nitrogens with zero attached hydrogens (tertiary/aromatic N) is 1. The van der Waals surface area contributed by atoms with Crippen LogP contribution in [0.5, 0.6) is 5.75 Å². The molecule has 0 radical (unpaired) electrons. The number of aliphatic hydroxyl groups excluding tert-OH is 1. The summed E-state index contributed by atoms with van der Waals surface area (Å²) in [5.41, 5.74) is 1.40. The minimum absolute atomic E-state index is 0.121. The minimum Gasteiger partial charge on any atom is -0.493 e. The third kappa shape index (κ3) is 4.60. The molecule has 0 aliphatic rings. The smallest absolute Gasteiger partial charge is 0.170 e. The third-order valence-corrected chi connectivity index (χ3v) is 3.38. The van der Waals surface area contributed by atoms with Crippen LogP contribution in [-0.4, -0.2) is 16.9 Å². The van der Waals surface area contributed by atoms with E-state index in [9.17, 15) is 0 Å². The monoisotopic (exact) mass is 289 g/mol. The standard InChI is InChI=1S/C17H23NO3/c1-2-3-4-5-8-11-20-16-10-7-6-9-15(16)17-12-14(13-19)18-21-17/h6-7,9-10,12,19H,2-5,8,11,13H2,1H3. The molecule has 0 spiro atoms. The molecule has 0 saturated carbocycles. The fourth-order valence-corrected chi connectivity index (χ4v) is 2.20. The predicted molar refractivity (Wildman–Crippen MR) is 82.1 cm³/mol. The van der Waals surface area contributed by atoms with Crippen LogP contribution in [0.2, 0.25) is 0 Å². The van der Waals surface area contributed by atoms with Crippen molar-refractivity contribution in [1.82, 2.24) is 5.16 Å². The largest absolute Gasteiger partial charge is 0.493 e. The van der Waals surface area contributed by atoms with Gasteiger partial charge in [0.05, 0.1) is 18.8 Å². The Kier molecular flexibility index (Phi) is 6.28. The molecule has 0 amide bonds. The summed E-state index contributed by atoms with van der Waals surface area (Å²) in [5.74, 6) is 1.43. The number of unbranched alkanes of at least 4 members (excludes halogenated alkanes) is 4. The molecule has 0 fully saturated rings. The first-order valence-corrected chi connectivity index (χ1v) is 7.63. The molecule has 0 saturated heterocycles. The fraction of sp³-hybridized carbons (Fsp3) is 0.471. The Morgan fingerprint density at radius 3 is 2.71 bits per heavy atom. The lowest BCUT2D eigenvalue weighted by molar-refractivity contribution is 0.267. The maximum Gasteiger partial charge on any atom is 0.170 e. The van der Waals surface area contributed by atoms with Gasteiger partial charge in [-0.25, -0.2) is 0 Å². The molecule has 0 atom stereocenters. The van der Waals surface area contributed by atoms with Gasteiger partial charge < -0.3 is 14.4 Å². The van der Waals surface area contributed by atoms with Gasteiger partial charge in [0.1, 0.15) is 11.4 Å². The number of benzene rings is 1. The number of rotatable bonds is 9. The van der Waals surface area contributed by atoms with Gasteiger partial charge in [-0.15, -0.1) is 0 Å². The Morgan fingerprint density at radius 2 is 1.95 bits per heavy atom. The average molecular weight is 289 g/mol. The lowest BCUT2D eigenvalue weighted by atomic mass is 10.1. The van der Waals surface area contributed by atoms with E-state index in [-0.39, 0.29) is 6.61 Å². The van der Waals surface area contributed by atoms with Crippen molar-refractivity contribution in [3.8, 4) is 17.1 Å². The minimum atomic E-state index is -0.121. The first kappa shape index (κ1) is 15.6. The normalized spacial score (nSPS) is 10.8. The molecule has 1 N–H and O–H groups in total. The first-order chi connectivity index (χ1) is 10.3. The molecule has 0 unspecified atom stereocenters. The summed E-state index contributed by atoms with van der Waals surface area (Å²) in [4.78, 5) is 0. The molecule has 1 heterocycles. The van der Waals surface area contributed by atoms with Gasteiger partial charge in [0.2, 0.25) is 0 Å². The van der Waals surface area contributed by atoms with Crippen LogP contribution in [0.15, 0.2) is 34.9 Å². The van der Waals surface area contributed by atoms with Crippen molar-refractivity contribution >= 4 is 0 Å². The molecule has 2 aromatic rings. The molecule has 1 aromatic carbocycles. The highest BCUT2D eigenvalue weighted by atomic mass is 16.5. The van der Waals surface area contributed by atoms with E-state index in [0.29, 0.717) is 18.1 Å². The van der Waals surface area contributed by atoms with E-state index in [0.717, 1.165) is 17.7 Å². The number of para-hydroxylation sites is 1. The summed E-state index contributed by atoms with van der Waals surface area (Å²) in [6.07, 6.45) is 6.07. The molecule has 0 aliphatic carbocycles. The number of hydrogen-bond acceptors (Lipinski definition) is 4. The van der Waals surface area contributed by atoms with E-state index in [1.54, 1.807) is 6.07 Å². The van der Waals surface area contributed by atoms with Gasteiger partial charge in [-0.05, 0) is 18.6 Å². The van der Waals surface area contributed by atoms with Crippen molar-refractivity contribution < 1.29 is 14.4 Å². The van der Waals surface area contributed by atoms with Crippen LogP contribution < -0.4 is 4.74 Å². The van der Waals surface area contributed by atoms with Crippen LogP contribution in [-0.2, 0) is 6.61 Å². The van der Waals surface area contributed by atoms with E-state index in [4.69, 9.17) is 14.4 Å². The van der Waals surface area contributed by atoms with E-state index in [2.05, 4.69) is 12.1 Å². The zero-order chi connectivity index (χ0) is 14.9. The van der Waals surface area contributed by atoms with E-state index in [1.165, 1.54) is 25.7 Å². The quantitative estimate of drug-likeness (QED) is 0.703. The Bertz CT molecular complexity index is 536. The Hall–Kier alpha value is -1.81. The van der Waals surface area contributed by atoms with Gasteiger partial charge in [0.25, 0.3) is 0 Å². The van der Waals surface area contributed by atoms with Crippen LogP contribution in [0.1, 0.15) is 44.7 Å². The molecule has 0 aliphatic heterocycles. The van der Waals surface area contributed by atoms with E-state index < -0.39 is 0 Å². The fourth-order valence-electron chi connectivity index (χ4n) is 2.20. The van der Waals surface area contributed by atoms with Gasteiger partial charge >= 0.3 is 0 Å². The van der Waals surface area contributed by atoms with Gasteiger partial charge in [0, 0.05) is 6.07 Å². The highest BCUT2D eigenvalue weighted by Gasteiger charge is 2.11. The second kappa shape index (κ2) is 8.47. The topological polar surface area (TPSA) is 55.5 Å². The highest BCUT2D eigenvalue weighted by molar-refractivity contribution is 5.65. The van der Waals surface area contributed by atoms with Gasteiger partial charge in [0.15, 0.2) is 5.76 Å². The Labute approximate surface area is 125 Å². The molecular formula is C17H23NO3. The molecule has 1 aromatic heterocycles. The second-order valence-electron chi connectivity index (χ2n) is 5.10. The molecule has 4 nitrogen and oxygen atoms in total. The van der Waals surface area contributed by atoms with Crippen molar-refractivity contribution in [1.29, 1.82) is 0 Å². The highest BCUT2D eigenvalue weighted by Crippen LogP contribution is 2.30. The SMILES string of the molecule is CCCCCCCOc1ccccc1-c1cc(CO)no1. The maximum atomic E-state index is 9.06. The summed E-state index contributed by atoms with van der Waals surface area (Å²) in [6.45, 7) is 2.80. The summed E-state index contributed by atoms with van der Waals surface area (Å²) in [5, 5.41) is 12.9. The zero-order valence-electron chi connectivity index (χ0n) is 12.5. The average Bonchev–Trinajstić information content (AvgIpc) is 3.00. The van der Waals surface area contributed by atoms with Crippen molar-refractivity contribution in [2.75, 3.05) is 6.61 Å². The molecule has 114 valence electrons. The van der Waals surface area contributed by atoms with Crippen LogP contribution >= 0.6 is 0 Å². The van der Waals surface area contributed by atoms with Crippen molar-refractivity contribution in [2.45, 2.75) is 45.6 Å². The second-order valence-corrected chi connectivity index (χ2v) is 5.10. The molecular weight excluding hydrogens is 266 g/mol. The lowest BCUT2D eigenvalue weighted by Crippen LogP contribution is -1.98. The van der Waals surface area contributed by atoms with Crippen molar-refractivity contribution in [2.24, 2.45) is 0 Å². The molecule has 4 heteroatoms. The Morgan fingerprint density at radius 1 is 1.14 bits per heavy atom. The van der Waals surface area contributed by atoms with Crippen LogP contribution in [0, 0.1) is 0 Å². The number of ether oxygens (including phenoxy) is 1. The van der Waals surface area contributed by atoms with Crippen molar-refractivity contribution in [3.05, 3.63) is 36.0 Å². The zero-order valence-corrected chi connectivity index (χ0v) is 12.5. The number of aliphatic hydroxyl groups is 1. The number of aromatic nitrogens is 1. The lowest BCUT2D eigenvalue weighted by Gasteiger charge is -2.09. The summed E-state index contributed by atoms with van der Waals surface area (Å²) < 4.78 is 11.1. The molecule has 2 rings (SSSR count). The van der Waals surface area contributed by atoms with E-state index in [1.807, 2.05) is 24.3 Å². The van der Waals surface area contributed by atoms with Crippen LogP contribution in [0.3, 0.4) is 0 Å². The summed E-state index contributed by atoms with van der Waals surface area (Å²) >= 11 is 0. The van der Waals surface area contributed by atoms with E-state index >= 15 is 0 Å². The first-order valence-electron chi connectivity index (χ1n) is 7.63. The Balaban J connectivity index is 1.94. The predicted octanol–water partition coefficient (Wildman–Crippen LogP) is 4.18. The number of hydrogen-bond donors (Lipinski definition) is 1. The summed E-state index contributed by atoms with van der Waals surface area (Å²) in [6, 6.07) is 9.49. The van der Waals surface area contributed by atoms with Gasteiger partial charge in [-0.1, -0.05) is 49.9 Å². The van der Waals surface area contributed by atoms with Gasteiger partial charge in [-0.2, -0.15) is 0 Å². The molecule has 0 bridgehead atoms. The summed E-state index contributed by atoms with van der Waals surface area (Å²) in [7, 11) is 0. The third-order valence-electron chi connectivity index (χ3n) is 3.38. The molecule has 21 heavy (non-hydrogen) atoms. The maximum absolute atomic E-state index is 9.06. The van der Waals surface area contributed by atoms with Gasteiger partial charge in [-0.3, -0.25) is 0 Å². The van der Waals surface area contributed by atoms with Crippen LogP contribution in [0.25, 0.3) is 11.3 Å².